The molecule has 80 valence electrons. The largest absolute Gasteiger partial charge is 0.318 e. The van der Waals surface area contributed by atoms with E-state index >= 15 is 0 Å². The third-order valence-corrected chi connectivity index (χ3v) is 2.71. The predicted molar refractivity (Wildman–Crippen MR) is 59.6 cm³/mol. The molecule has 0 bridgehead atoms. The standard InChI is InChI=1S/C9H18N4S/c1-7(2)9-8(14-13-12-9)6-11-5-4-10-3/h7,10-11H,4-6H2,1-3H3. The fraction of sp³-hybridized carbons (Fsp3) is 0.778. The maximum Gasteiger partial charge on any atom is 0.0826 e. The molecule has 0 saturated carbocycles. The molecule has 1 aromatic heterocycles. The van der Waals surface area contributed by atoms with Gasteiger partial charge in [-0.15, -0.1) is 5.10 Å². The summed E-state index contributed by atoms with van der Waals surface area (Å²) in [6.07, 6.45) is 0. The van der Waals surface area contributed by atoms with E-state index in [0.717, 1.165) is 25.3 Å². The van der Waals surface area contributed by atoms with E-state index in [-0.39, 0.29) is 0 Å². The van der Waals surface area contributed by atoms with Crippen molar-refractivity contribution in [3.05, 3.63) is 10.6 Å². The van der Waals surface area contributed by atoms with E-state index in [1.165, 1.54) is 16.4 Å². The Morgan fingerprint density at radius 3 is 2.79 bits per heavy atom. The molecule has 0 saturated heterocycles. The second kappa shape index (κ2) is 6.06. The maximum atomic E-state index is 4.13. The number of rotatable bonds is 6. The first-order valence-corrected chi connectivity index (χ1v) is 5.69. The molecule has 4 nitrogen and oxygen atoms in total. The zero-order chi connectivity index (χ0) is 10.4. The van der Waals surface area contributed by atoms with Gasteiger partial charge in [-0.2, -0.15) is 0 Å². The van der Waals surface area contributed by atoms with Crippen LogP contribution in [-0.4, -0.2) is 29.7 Å². The van der Waals surface area contributed by atoms with Crippen LogP contribution >= 0.6 is 11.5 Å². The second-order valence-electron chi connectivity index (χ2n) is 3.52. The van der Waals surface area contributed by atoms with Crippen LogP contribution in [0.15, 0.2) is 0 Å². The van der Waals surface area contributed by atoms with Crippen molar-refractivity contribution in [3.63, 3.8) is 0 Å². The Morgan fingerprint density at radius 1 is 1.36 bits per heavy atom. The van der Waals surface area contributed by atoms with Crippen molar-refractivity contribution in [2.45, 2.75) is 26.3 Å². The van der Waals surface area contributed by atoms with Crippen molar-refractivity contribution in [3.8, 4) is 0 Å². The molecule has 1 aromatic rings. The SMILES string of the molecule is CNCCNCc1snnc1C(C)C. The normalized spacial score (nSPS) is 11.1. The molecule has 0 atom stereocenters. The van der Waals surface area contributed by atoms with Gasteiger partial charge < -0.3 is 10.6 Å². The summed E-state index contributed by atoms with van der Waals surface area (Å²) in [6, 6.07) is 0. The summed E-state index contributed by atoms with van der Waals surface area (Å²) in [5.41, 5.74) is 1.13. The zero-order valence-electron chi connectivity index (χ0n) is 9.00. The average molecular weight is 214 g/mol. The van der Waals surface area contributed by atoms with Crippen LogP contribution in [0.4, 0.5) is 0 Å². The van der Waals surface area contributed by atoms with E-state index < -0.39 is 0 Å². The molecule has 0 aromatic carbocycles. The van der Waals surface area contributed by atoms with Crippen molar-refractivity contribution >= 4 is 11.5 Å². The van der Waals surface area contributed by atoms with Gasteiger partial charge in [0.1, 0.15) is 0 Å². The van der Waals surface area contributed by atoms with Crippen LogP contribution in [0.3, 0.4) is 0 Å². The first-order valence-electron chi connectivity index (χ1n) is 4.92. The van der Waals surface area contributed by atoms with Gasteiger partial charge in [-0.3, -0.25) is 0 Å². The van der Waals surface area contributed by atoms with E-state index in [1.54, 1.807) is 0 Å². The Hall–Kier alpha value is -0.520. The lowest BCUT2D eigenvalue weighted by Crippen LogP contribution is -2.24. The Morgan fingerprint density at radius 2 is 2.14 bits per heavy atom. The highest BCUT2D eigenvalue weighted by Crippen LogP contribution is 2.18. The number of nitrogens with zero attached hydrogens (tertiary/aromatic N) is 2. The van der Waals surface area contributed by atoms with E-state index in [0.29, 0.717) is 5.92 Å². The zero-order valence-corrected chi connectivity index (χ0v) is 9.82. The van der Waals surface area contributed by atoms with Crippen LogP contribution in [0.1, 0.15) is 30.3 Å². The van der Waals surface area contributed by atoms with Crippen molar-refractivity contribution in [1.82, 2.24) is 20.2 Å². The predicted octanol–water partition coefficient (Wildman–Crippen LogP) is 0.970. The van der Waals surface area contributed by atoms with Crippen molar-refractivity contribution in [2.75, 3.05) is 20.1 Å². The number of hydrogen-bond acceptors (Lipinski definition) is 5. The summed E-state index contributed by atoms with van der Waals surface area (Å²) in [5, 5.41) is 10.6. The summed E-state index contributed by atoms with van der Waals surface area (Å²) in [4.78, 5) is 1.26. The Bertz CT molecular complexity index is 259. The van der Waals surface area contributed by atoms with E-state index in [4.69, 9.17) is 0 Å². The molecular weight excluding hydrogens is 196 g/mol. The molecule has 0 radical (unpaired) electrons. The number of likely N-dealkylation sites (N-methyl/N-ethyl adjacent to an activating group) is 1. The van der Waals surface area contributed by atoms with Crippen LogP contribution in [0.5, 0.6) is 0 Å². The first-order chi connectivity index (χ1) is 6.75. The highest BCUT2D eigenvalue weighted by Gasteiger charge is 2.10. The van der Waals surface area contributed by atoms with Crippen molar-refractivity contribution in [2.24, 2.45) is 0 Å². The van der Waals surface area contributed by atoms with Crippen LogP contribution < -0.4 is 10.6 Å². The molecule has 2 N–H and O–H groups in total. The van der Waals surface area contributed by atoms with Gasteiger partial charge in [-0.25, -0.2) is 0 Å². The summed E-state index contributed by atoms with van der Waals surface area (Å²) in [7, 11) is 1.95. The molecule has 0 fully saturated rings. The van der Waals surface area contributed by atoms with Crippen molar-refractivity contribution in [1.29, 1.82) is 0 Å². The van der Waals surface area contributed by atoms with Gasteiger partial charge in [0.25, 0.3) is 0 Å². The maximum absolute atomic E-state index is 4.13. The van der Waals surface area contributed by atoms with Gasteiger partial charge >= 0.3 is 0 Å². The average Bonchev–Trinajstić information content (AvgIpc) is 2.60. The lowest BCUT2D eigenvalue weighted by Gasteiger charge is -2.05. The lowest BCUT2D eigenvalue weighted by molar-refractivity contribution is 0.647. The van der Waals surface area contributed by atoms with Gasteiger partial charge in [0.15, 0.2) is 0 Å². The summed E-state index contributed by atoms with van der Waals surface area (Å²) < 4.78 is 3.98. The van der Waals surface area contributed by atoms with Crippen molar-refractivity contribution < 1.29 is 0 Å². The van der Waals surface area contributed by atoms with Gasteiger partial charge in [0.2, 0.25) is 0 Å². The van der Waals surface area contributed by atoms with Crippen LogP contribution in [0.2, 0.25) is 0 Å². The van der Waals surface area contributed by atoms with Gasteiger partial charge in [-0.1, -0.05) is 18.3 Å². The third kappa shape index (κ3) is 3.32. The van der Waals surface area contributed by atoms with Gasteiger partial charge in [0, 0.05) is 19.6 Å². The highest BCUT2D eigenvalue weighted by molar-refractivity contribution is 7.05. The highest BCUT2D eigenvalue weighted by atomic mass is 32.1. The summed E-state index contributed by atoms with van der Waals surface area (Å²) >= 11 is 1.49. The topological polar surface area (TPSA) is 49.8 Å². The van der Waals surface area contributed by atoms with Crippen LogP contribution in [-0.2, 0) is 6.54 Å². The molecule has 5 heteroatoms. The molecule has 1 heterocycles. The molecule has 14 heavy (non-hydrogen) atoms. The number of hydrogen-bond donors (Lipinski definition) is 2. The quantitative estimate of drug-likeness (QED) is 0.693. The molecule has 1 rings (SSSR count). The molecule has 0 amide bonds. The Labute approximate surface area is 89.3 Å². The van der Waals surface area contributed by atoms with Gasteiger partial charge in [0.05, 0.1) is 10.6 Å². The smallest absolute Gasteiger partial charge is 0.0826 e. The van der Waals surface area contributed by atoms with E-state index in [1.807, 2.05) is 7.05 Å². The molecule has 0 unspecified atom stereocenters. The second-order valence-corrected chi connectivity index (χ2v) is 4.36. The Kier molecular flexibility index (Phi) is 5.00. The van der Waals surface area contributed by atoms with E-state index in [2.05, 4.69) is 34.1 Å². The Balaban J connectivity index is 2.38. The minimum absolute atomic E-state index is 0.467. The summed E-state index contributed by atoms with van der Waals surface area (Å²) in [5.74, 6) is 0.467. The minimum atomic E-state index is 0.467. The van der Waals surface area contributed by atoms with Gasteiger partial charge in [-0.05, 0) is 24.5 Å². The number of nitrogens with one attached hydrogen (secondary N) is 2. The van der Waals surface area contributed by atoms with E-state index in [9.17, 15) is 0 Å². The molecular formula is C9H18N4S. The lowest BCUT2D eigenvalue weighted by atomic mass is 10.1. The molecule has 0 aliphatic carbocycles. The third-order valence-electron chi connectivity index (χ3n) is 1.97. The fourth-order valence-electron chi connectivity index (χ4n) is 1.19. The molecule has 0 spiro atoms. The van der Waals surface area contributed by atoms with Crippen LogP contribution in [0.25, 0.3) is 0 Å². The fourth-order valence-corrected chi connectivity index (χ4v) is 1.96. The molecule has 0 aliphatic heterocycles. The minimum Gasteiger partial charge on any atom is -0.318 e. The summed E-state index contributed by atoms with van der Waals surface area (Å²) in [6.45, 7) is 7.14. The van der Waals surface area contributed by atoms with Crippen LogP contribution in [0, 0.1) is 0 Å². The number of aromatic nitrogens is 2. The molecule has 0 aliphatic rings. The first kappa shape index (κ1) is 11.6. The monoisotopic (exact) mass is 214 g/mol.